The second-order valence-corrected chi connectivity index (χ2v) is 5.29. The summed E-state index contributed by atoms with van der Waals surface area (Å²) >= 11 is 5.93. The van der Waals surface area contributed by atoms with Crippen LogP contribution < -0.4 is 5.32 Å². The number of benzene rings is 2. The largest absolute Gasteiger partial charge is 0.449 e. The Morgan fingerprint density at radius 3 is 2.36 bits per heavy atom. The van der Waals surface area contributed by atoms with Gasteiger partial charge in [0.25, 0.3) is 5.91 Å². The van der Waals surface area contributed by atoms with Gasteiger partial charge < -0.3 is 10.1 Å². The van der Waals surface area contributed by atoms with E-state index >= 15 is 0 Å². The molecule has 2 aromatic carbocycles. The fraction of sp³-hybridized carbons (Fsp3) is 0.176. The van der Waals surface area contributed by atoms with Crippen LogP contribution in [0.25, 0.3) is 0 Å². The van der Waals surface area contributed by atoms with E-state index < -0.39 is 18.0 Å². The molecule has 0 spiro atoms. The van der Waals surface area contributed by atoms with E-state index in [2.05, 4.69) is 5.32 Å². The van der Waals surface area contributed by atoms with Crippen molar-refractivity contribution in [2.45, 2.75) is 20.0 Å². The van der Waals surface area contributed by atoms with E-state index in [9.17, 15) is 9.59 Å². The molecule has 2 rings (SSSR count). The molecule has 1 amide bonds. The molecule has 0 aliphatic heterocycles. The Labute approximate surface area is 134 Å². The van der Waals surface area contributed by atoms with E-state index in [4.69, 9.17) is 16.3 Å². The van der Waals surface area contributed by atoms with Gasteiger partial charge in [-0.2, -0.15) is 0 Å². The van der Waals surface area contributed by atoms with Gasteiger partial charge in [0.1, 0.15) is 0 Å². The van der Waals surface area contributed by atoms with Gasteiger partial charge in [-0.1, -0.05) is 41.4 Å². The zero-order valence-corrected chi connectivity index (χ0v) is 13.1. The summed E-state index contributed by atoms with van der Waals surface area (Å²) in [6.07, 6.45) is -0.926. The summed E-state index contributed by atoms with van der Waals surface area (Å²) in [5, 5.41) is 2.98. The lowest BCUT2D eigenvalue weighted by Crippen LogP contribution is -2.30. The Kier molecular flexibility index (Phi) is 5.17. The van der Waals surface area contributed by atoms with Crippen LogP contribution in [0.2, 0.25) is 5.02 Å². The highest BCUT2D eigenvalue weighted by molar-refractivity contribution is 6.33. The molecule has 0 fully saturated rings. The summed E-state index contributed by atoms with van der Waals surface area (Å²) in [5.41, 5.74) is 1.98. The van der Waals surface area contributed by atoms with Gasteiger partial charge in [-0.25, -0.2) is 4.79 Å². The predicted molar refractivity (Wildman–Crippen MR) is 86.1 cm³/mol. The van der Waals surface area contributed by atoms with E-state index in [1.807, 2.05) is 19.1 Å². The third-order valence-electron chi connectivity index (χ3n) is 3.07. The van der Waals surface area contributed by atoms with Crippen LogP contribution in [0.4, 0.5) is 5.69 Å². The van der Waals surface area contributed by atoms with E-state index in [1.165, 1.54) is 6.92 Å². The molecular weight excluding hydrogens is 302 g/mol. The van der Waals surface area contributed by atoms with Crippen LogP contribution in [0.1, 0.15) is 22.8 Å². The van der Waals surface area contributed by atoms with Gasteiger partial charge in [-0.15, -0.1) is 0 Å². The molecule has 0 radical (unpaired) electrons. The van der Waals surface area contributed by atoms with Crippen molar-refractivity contribution >= 4 is 29.2 Å². The van der Waals surface area contributed by atoms with E-state index in [-0.39, 0.29) is 5.56 Å². The fourth-order valence-electron chi connectivity index (χ4n) is 1.79. The van der Waals surface area contributed by atoms with Gasteiger partial charge >= 0.3 is 5.97 Å². The van der Waals surface area contributed by atoms with Crippen molar-refractivity contribution in [2.75, 3.05) is 5.32 Å². The molecule has 0 aromatic heterocycles. The van der Waals surface area contributed by atoms with Crippen molar-refractivity contribution in [1.29, 1.82) is 0 Å². The number of carbonyl (C=O) groups excluding carboxylic acids is 2. The molecule has 0 heterocycles. The molecule has 0 bridgehead atoms. The second-order valence-electron chi connectivity index (χ2n) is 4.88. The number of amides is 1. The number of aryl methyl sites for hydroxylation is 1. The number of carbonyl (C=O) groups is 2. The zero-order chi connectivity index (χ0) is 16.1. The molecule has 2 aromatic rings. The number of anilines is 1. The first-order valence-corrected chi connectivity index (χ1v) is 7.18. The molecule has 0 aliphatic rings. The topological polar surface area (TPSA) is 55.4 Å². The summed E-state index contributed by atoms with van der Waals surface area (Å²) in [6.45, 7) is 3.47. The molecule has 1 N–H and O–H groups in total. The maximum Gasteiger partial charge on any atom is 0.340 e. The monoisotopic (exact) mass is 317 g/mol. The molecule has 0 aliphatic carbocycles. The molecule has 0 unspecified atom stereocenters. The van der Waals surface area contributed by atoms with Crippen molar-refractivity contribution in [3.63, 3.8) is 0 Å². The first-order valence-electron chi connectivity index (χ1n) is 6.80. The van der Waals surface area contributed by atoms with Gasteiger partial charge in [0.05, 0.1) is 10.6 Å². The predicted octanol–water partition coefficient (Wildman–Crippen LogP) is 3.83. The minimum absolute atomic E-state index is 0.235. The minimum atomic E-state index is -0.926. The van der Waals surface area contributed by atoms with Crippen LogP contribution in [0.5, 0.6) is 0 Å². The molecule has 4 nitrogen and oxygen atoms in total. The van der Waals surface area contributed by atoms with Crippen molar-refractivity contribution < 1.29 is 14.3 Å². The summed E-state index contributed by atoms with van der Waals surface area (Å²) in [6, 6.07) is 13.9. The number of nitrogens with one attached hydrogen (secondary N) is 1. The van der Waals surface area contributed by atoms with Gasteiger partial charge in [-0.3, -0.25) is 4.79 Å². The van der Waals surface area contributed by atoms with Crippen molar-refractivity contribution in [2.24, 2.45) is 0 Å². The molecule has 22 heavy (non-hydrogen) atoms. The fourth-order valence-corrected chi connectivity index (χ4v) is 2.00. The third-order valence-corrected chi connectivity index (χ3v) is 3.40. The first-order chi connectivity index (χ1) is 10.5. The first kappa shape index (κ1) is 16.0. The van der Waals surface area contributed by atoms with Crippen LogP contribution in [-0.4, -0.2) is 18.0 Å². The highest BCUT2D eigenvalue weighted by atomic mass is 35.5. The van der Waals surface area contributed by atoms with Crippen molar-refractivity contribution in [3.05, 3.63) is 64.7 Å². The molecule has 0 saturated heterocycles. The molecule has 1 atom stereocenters. The quantitative estimate of drug-likeness (QED) is 0.872. The summed E-state index contributed by atoms with van der Waals surface area (Å²) in [5.74, 6) is -1.03. The number of halogens is 1. The Bertz CT molecular complexity index is 683. The maximum atomic E-state index is 12.0. The SMILES string of the molecule is Cc1ccc(NC(=O)[C@@H](C)OC(=O)c2ccccc2Cl)cc1. The number of ether oxygens (including phenoxy) is 1. The average Bonchev–Trinajstić information content (AvgIpc) is 2.49. The lowest BCUT2D eigenvalue weighted by Gasteiger charge is -2.14. The van der Waals surface area contributed by atoms with Crippen LogP contribution in [0, 0.1) is 6.92 Å². The summed E-state index contributed by atoms with van der Waals surface area (Å²) in [4.78, 5) is 24.0. The second kappa shape index (κ2) is 7.09. The normalized spacial score (nSPS) is 11.6. The average molecular weight is 318 g/mol. The van der Waals surface area contributed by atoms with Gasteiger partial charge in [-0.05, 0) is 38.1 Å². The Morgan fingerprint density at radius 1 is 1.09 bits per heavy atom. The van der Waals surface area contributed by atoms with Gasteiger partial charge in [0.15, 0.2) is 6.10 Å². The smallest absolute Gasteiger partial charge is 0.340 e. The highest BCUT2D eigenvalue weighted by Gasteiger charge is 2.20. The number of hydrogen-bond donors (Lipinski definition) is 1. The molecular formula is C17H16ClNO3. The Hall–Kier alpha value is -2.33. The number of rotatable bonds is 4. The lowest BCUT2D eigenvalue weighted by atomic mass is 10.2. The van der Waals surface area contributed by atoms with E-state index in [0.29, 0.717) is 10.7 Å². The van der Waals surface area contributed by atoms with Crippen LogP contribution in [-0.2, 0) is 9.53 Å². The van der Waals surface area contributed by atoms with Crippen LogP contribution in [0.3, 0.4) is 0 Å². The zero-order valence-electron chi connectivity index (χ0n) is 12.3. The lowest BCUT2D eigenvalue weighted by molar-refractivity contribution is -0.123. The van der Waals surface area contributed by atoms with E-state index in [1.54, 1.807) is 36.4 Å². The minimum Gasteiger partial charge on any atom is -0.449 e. The Balaban J connectivity index is 1.98. The van der Waals surface area contributed by atoms with Crippen molar-refractivity contribution in [1.82, 2.24) is 0 Å². The molecule has 114 valence electrons. The van der Waals surface area contributed by atoms with Gasteiger partial charge in [0, 0.05) is 5.69 Å². The van der Waals surface area contributed by atoms with E-state index in [0.717, 1.165) is 5.56 Å². The van der Waals surface area contributed by atoms with Crippen LogP contribution in [0.15, 0.2) is 48.5 Å². The maximum absolute atomic E-state index is 12.0. The summed E-state index contributed by atoms with van der Waals surface area (Å²) in [7, 11) is 0. The van der Waals surface area contributed by atoms with Crippen LogP contribution >= 0.6 is 11.6 Å². The standard InChI is InChI=1S/C17H16ClNO3/c1-11-7-9-13(10-8-11)19-16(20)12(2)22-17(21)14-5-3-4-6-15(14)18/h3-10,12H,1-2H3,(H,19,20)/t12-/m1/s1. The highest BCUT2D eigenvalue weighted by Crippen LogP contribution is 2.17. The Morgan fingerprint density at radius 2 is 1.73 bits per heavy atom. The third kappa shape index (κ3) is 4.09. The summed E-state index contributed by atoms with van der Waals surface area (Å²) < 4.78 is 5.14. The number of esters is 1. The molecule has 5 heteroatoms. The number of hydrogen-bond acceptors (Lipinski definition) is 3. The molecule has 0 saturated carbocycles. The van der Waals surface area contributed by atoms with Crippen molar-refractivity contribution in [3.8, 4) is 0 Å². The van der Waals surface area contributed by atoms with Gasteiger partial charge in [0.2, 0.25) is 0 Å².